The van der Waals surface area contributed by atoms with E-state index in [0.29, 0.717) is 33.8 Å². The van der Waals surface area contributed by atoms with Crippen LogP contribution in [-0.2, 0) is 6.18 Å². The first-order valence-electron chi connectivity index (χ1n) is 13.3. The summed E-state index contributed by atoms with van der Waals surface area (Å²) in [4.78, 5) is 33.4. The average molecular weight is 596 g/mol. The van der Waals surface area contributed by atoms with E-state index in [9.17, 15) is 22.8 Å². The molecule has 3 heterocycles. The molecule has 0 saturated heterocycles. The number of aryl methyl sites for hydroxylation is 1. The highest BCUT2D eigenvalue weighted by molar-refractivity contribution is 6.05. The smallest absolute Gasteiger partial charge is 0.366 e. The Bertz CT molecular complexity index is 2030. The number of benzene rings is 3. The Morgan fingerprint density at radius 3 is 2.50 bits per heavy atom. The first kappa shape index (κ1) is 28.2. The van der Waals surface area contributed by atoms with Crippen LogP contribution in [0.1, 0.15) is 31.8 Å². The SMILES string of the molecule is Cc1ccc(C(=O)Nc2cc(-n3ccnc3)cc(C(F)(F)F)c2)cc1-c1cnc2c(Nc3cccc(C(N)=O)c3)cccn12. The molecule has 0 aliphatic rings. The van der Waals surface area contributed by atoms with Crippen molar-refractivity contribution in [2.75, 3.05) is 10.6 Å². The maximum Gasteiger partial charge on any atom is 0.416 e. The summed E-state index contributed by atoms with van der Waals surface area (Å²) in [6, 6.07) is 18.8. The largest absolute Gasteiger partial charge is 0.416 e. The van der Waals surface area contributed by atoms with Gasteiger partial charge in [-0.05, 0) is 73.2 Å². The summed E-state index contributed by atoms with van der Waals surface area (Å²) in [5, 5.41) is 5.88. The number of carbonyl (C=O) groups excluding carboxylic acids is 2. The summed E-state index contributed by atoms with van der Waals surface area (Å²) in [6.07, 6.45) is 3.23. The number of fused-ring (bicyclic) bond motifs is 1. The zero-order chi connectivity index (χ0) is 31.0. The molecular formula is C32H24F3N7O2. The number of hydrogen-bond donors (Lipinski definition) is 3. The van der Waals surface area contributed by atoms with Gasteiger partial charge in [-0.3, -0.25) is 14.0 Å². The van der Waals surface area contributed by atoms with Gasteiger partial charge >= 0.3 is 6.18 Å². The van der Waals surface area contributed by atoms with Crippen LogP contribution >= 0.6 is 0 Å². The van der Waals surface area contributed by atoms with Gasteiger partial charge in [-0.1, -0.05) is 12.1 Å². The topological polar surface area (TPSA) is 119 Å². The molecule has 0 saturated carbocycles. The number of carbonyl (C=O) groups is 2. The van der Waals surface area contributed by atoms with E-state index in [1.54, 1.807) is 48.7 Å². The third-order valence-corrected chi connectivity index (χ3v) is 7.04. The van der Waals surface area contributed by atoms with Crippen molar-refractivity contribution in [3.8, 4) is 16.9 Å². The van der Waals surface area contributed by atoms with Gasteiger partial charge in [-0.25, -0.2) is 9.97 Å². The van der Waals surface area contributed by atoms with Gasteiger partial charge < -0.3 is 20.9 Å². The summed E-state index contributed by atoms with van der Waals surface area (Å²) >= 11 is 0. The zero-order valence-corrected chi connectivity index (χ0v) is 23.1. The summed E-state index contributed by atoms with van der Waals surface area (Å²) in [5.41, 5.74) is 9.50. The molecule has 0 radical (unpaired) electrons. The molecule has 0 aliphatic carbocycles. The number of anilines is 3. The van der Waals surface area contributed by atoms with Crippen LogP contribution in [0.3, 0.4) is 0 Å². The third-order valence-electron chi connectivity index (χ3n) is 7.04. The number of alkyl halides is 3. The fourth-order valence-corrected chi connectivity index (χ4v) is 4.86. The molecule has 0 fully saturated rings. The van der Waals surface area contributed by atoms with Crippen LogP contribution in [-0.4, -0.2) is 30.8 Å². The number of pyridine rings is 1. The highest BCUT2D eigenvalue weighted by atomic mass is 19.4. The Morgan fingerprint density at radius 1 is 0.909 bits per heavy atom. The van der Waals surface area contributed by atoms with Crippen molar-refractivity contribution in [2.45, 2.75) is 13.1 Å². The monoisotopic (exact) mass is 595 g/mol. The fourth-order valence-electron chi connectivity index (χ4n) is 4.86. The molecule has 0 unspecified atom stereocenters. The van der Waals surface area contributed by atoms with E-state index >= 15 is 0 Å². The van der Waals surface area contributed by atoms with Crippen LogP contribution in [0.5, 0.6) is 0 Å². The predicted molar refractivity (Wildman–Crippen MR) is 160 cm³/mol. The molecule has 3 aromatic heterocycles. The van der Waals surface area contributed by atoms with Crippen LogP contribution < -0.4 is 16.4 Å². The number of nitrogens with one attached hydrogen (secondary N) is 2. The molecule has 44 heavy (non-hydrogen) atoms. The number of halogens is 3. The van der Waals surface area contributed by atoms with E-state index in [2.05, 4.69) is 20.6 Å². The van der Waals surface area contributed by atoms with Crippen molar-refractivity contribution in [2.24, 2.45) is 5.73 Å². The molecule has 0 atom stereocenters. The van der Waals surface area contributed by atoms with Gasteiger partial charge in [-0.2, -0.15) is 13.2 Å². The number of amides is 2. The maximum atomic E-state index is 13.7. The van der Waals surface area contributed by atoms with Gasteiger partial charge in [0.05, 0.1) is 29.5 Å². The van der Waals surface area contributed by atoms with E-state index in [4.69, 9.17) is 5.73 Å². The summed E-state index contributed by atoms with van der Waals surface area (Å²) in [5.74, 6) is -1.12. The van der Waals surface area contributed by atoms with Gasteiger partial charge in [0.2, 0.25) is 5.91 Å². The Morgan fingerprint density at radius 2 is 1.75 bits per heavy atom. The second-order valence-electron chi connectivity index (χ2n) is 10.0. The summed E-state index contributed by atoms with van der Waals surface area (Å²) in [7, 11) is 0. The Balaban J connectivity index is 1.32. The minimum Gasteiger partial charge on any atom is -0.366 e. The normalized spacial score (nSPS) is 11.5. The van der Waals surface area contributed by atoms with Gasteiger partial charge in [-0.15, -0.1) is 0 Å². The van der Waals surface area contributed by atoms with Crippen LogP contribution in [0.15, 0.2) is 104 Å². The molecule has 12 heteroatoms. The second kappa shape index (κ2) is 11.1. The molecule has 2 amide bonds. The lowest BCUT2D eigenvalue weighted by molar-refractivity contribution is -0.137. The van der Waals surface area contributed by atoms with E-state index in [1.165, 1.54) is 29.4 Å². The lowest BCUT2D eigenvalue weighted by Crippen LogP contribution is -2.14. The highest BCUT2D eigenvalue weighted by Crippen LogP contribution is 2.34. The number of aromatic nitrogens is 4. The molecule has 0 aliphatic heterocycles. The predicted octanol–water partition coefficient (Wildman–Crippen LogP) is 6.61. The average Bonchev–Trinajstić information content (AvgIpc) is 3.68. The van der Waals surface area contributed by atoms with E-state index in [1.807, 2.05) is 29.7 Å². The number of nitrogens with zero attached hydrogens (tertiary/aromatic N) is 4. The molecule has 0 spiro atoms. The Kier molecular flexibility index (Phi) is 7.09. The third kappa shape index (κ3) is 5.60. The van der Waals surface area contributed by atoms with Crippen molar-refractivity contribution >= 4 is 34.5 Å². The molecule has 6 rings (SSSR count). The van der Waals surface area contributed by atoms with Gasteiger partial charge in [0.1, 0.15) is 0 Å². The molecule has 220 valence electrons. The van der Waals surface area contributed by atoms with Crippen LogP contribution in [0.4, 0.5) is 30.2 Å². The molecule has 4 N–H and O–H groups in total. The quantitative estimate of drug-likeness (QED) is 0.192. The van der Waals surface area contributed by atoms with Crippen molar-refractivity contribution < 1.29 is 22.8 Å². The Labute approximate surface area is 248 Å². The summed E-state index contributed by atoms with van der Waals surface area (Å²) in [6.45, 7) is 1.89. The Hall–Kier alpha value is -5.91. The maximum absolute atomic E-state index is 13.7. The first-order valence-corrected chi connectivity index (χ1v) is 13.3. The number of primary amides is 1. The molecule has 6 aromatic rings. The van der Waals surface area contributed by atoms with Crippen molar-refractivity contribution in [3.63, 3.8) is 0 Å². The molecular weight excluding hydrogens is 571 g/mol. The molecule has 0 bridgehead atoms. The van der Waals surface area contributed by atoms with Gasteiger partial charge in [0, 0.05) is 52.3 Å². The minimum atomic E-state index is -4.62. The van der Waals surface area contributed by atoms with Crippen LogP contribution in [0, 0.1) is 6.92 Å². The standard InChI is InChI=1S/C32H24F3N7O2/c1-19-7-8-21(31(44)40-24-14-22(32(33,34)35)15-25(16-24)41-11-9-37-18-41)13-26(19)28-17-38-30-27(6-3-10-42(28)30)39-23-5-2-4-20(12-23)29(36)43/h2-18,39H,1H3,(H2,36,43)(H,40,44). The van der Waals surface area contributed by atoms with Crippen molar-refractivity contribution in [1.82, 2.24) is 18.9 Å². The van der Waals surface area contributed by atoms with Crippen LogP contribution in [0.2, 0.25) is 0 Å². The number of rotatable bonds is 7. The summed E-state index contributed by atoms with van der Waals surface area (Å²) < 4.78 is 44.3. The van der Waals surface area contributed by atoms with Crippen molar-refractivity contribution in [3.05, 3.63) is 126 Å². The lowest BCUT2D eigenvalue weighted by atomic mass is 10.0. The van der Waals surface area contributed by atoms with Gasteiger partial charge in [0.25, 0.3) is 5.91 Å². The number of imidazole rings is 2. The van der Waals surface area contributed by atoms with Crippen LogP contribution in [0.25, 0.3) is 22.6 Å². The first-order chi connectivity index (χ1) is 21.1. The van der Waals surface area contributed by atoms with E-state index in [0.717, 1.165) is 17.7 Å². The van der Waals surface area contributed by atoms with Crippen molar-refractivity contribution in [1.29, 1.82) is 0 Å². The zero-order valence-electron chi connectivity index (χ0n) is 23.1. The fraction of sp³-hybridized carbons (Fsp3) is 0.0625. The van der Waals surface area contributed by atoms with E-state index < -0.39 is 23.6 Å². The molecule has 3 aromatic carbocycles. The molecule has 9 nitrogen and oxygen atoms in total. The number of hydrogen-bond acceptors (Lipinski definition) is 5. The lowest BCUT2D eigenvalue weighted by Gasteiger charge is -2.14. The number of nitrogens with two attached hydrogens (primary N) is 1. The second-order valence-corrected chi connectivity index (χ2v) is 10.0. The van der Waals surface area contributed by atoms with Gasteiger partial charge in [0.15, 0.2) is 5.65 Å². The van der Waals surface area contributed by atoms with E-state index in [-0.39, 0.29) is 16.9 Å². The minimum absolute atomic E-state index is 0.0124. The highest BCUT2D eigenvalue weighted by Gasteiger charge is 2.31.